The minimum atomic E-state index is -0.145. The predicted octanol–water partition coefficient (Wildman–Crippen LogP) is 2.73. The topological polar surface area (TPSA) is 49.8 Å². The SMILES string of the molecule is [O-]N(O)c1ccc(N(CCCl)CCCl)s1. The second kappa shape index (κ2) is 6.40. The van der Waals surface area contributed by atoms with Crippen molar-refractivity contribution in [2.45, 2.75) is 0 Å². The fourth-order valence-electron chi connectivity index (χ4n) is 1.13. The van der Waals surface area contributed by atoms with E-state index in [1.54, 1.807) is 12.1 Å². The average Bonchev–Trinajstić information content (AvgIpc) is 2.66. The molecule has 86 valence electrons. The van der Waals surface area contributed by atoms with Crippen LogP contribution in [0.4, 0.5) is 10.0 Å². The van der Waals surface area contributed by atoms with Crippen molar-refractivity contribution >= 4 is 44.5 Å². The van der Waals surface area contributed by atoms with Gasteiger partial charge in [-0.15, -0.1) is 23.2 Å². The van der Waals surface area contributed by atoms with Gasteiger partial charge in [0.25, 0.3) is 0 Å². The Balaban J connectivity index is 2.72. The van der Waals surface area contributed by atoms with Gasteiger partial charge < -0.3 is 15.3 Å². The Morgan fingerprint density at radius 3 is 2.13 bits per heavy atom. The summed E-state index contributed by atoms with van der Waals surface area (Å²) in [5, 5.41) is 20.3. The smallest absolute Gasteiger partial charge is 0.106 e. The third-order valence-electron chi connectivity index (χ3n) is 1.79. The van der Waals surface area contributed by atoms with Crippen LogP contribution in [0.1, 0.15) is 0 Å². The standard InChI is InChI=1S/C8H11Cl2N2O2S/c9-3-5-11(6-4-10)7-1-2-8(15-7)12(13)14/h1-2,13H,3-6H2/q-1. The Kier molecular flexibility index (Phi) is 5.49. The maximum absolute atomic E-state index is 10.6. The zero-order valence-electron chi connectivity index (χ0n) is 7.90. The molecule has 0 radical (unpaired) electrons. The Morgan fingerprint density at radius 1 is 1.20 bits per heavy atom. The van der Waals surface area contributed by atoms with E-state index in [0.29, 0.717) is 24.8 Å². The van der Waals surface area contributed by atoms with Gasteiger partial charge in [-0.05, 0) is 12.1 Å². The minimum absolute atomic E-state index is 0.145. The van der Waals surface area contributed by atoms with Gasteiger partial charge in [-0.25, -0.2) is 0 Å². The van der Waals surface area contributed by atoms with Crippen LogP contribution >= 0.6 is 34.5 Å². The van der Waals surface area contributed by atoms with E-state index in [9.17, 15) is 5.21 Å². The van der Waals surface area contributed by atoms with Crippen LogP contribution in [-0.2, 0) is 0 Å². The second-order valence-electron chi connectivity index (χ2n) is 2.75. The summed E-state index contributed by atoms with van der Waals surface area (Å²) in [6.45, 7) is 1.33. The van der Waals surface area contributed by atoms with Crippen LogP contribution in [0.5, 0.6) is 0 Å². The lowest BCUT2D eigenvalue weighted by Crippen LogP contribution is -2.26. The molecular formula is C8H11Cl2N2O2S-. The van der Waals surface area contributed by atoms with Crippen molar-refractivity contribution in [1.82, 2.24) is 0 Å². The molecule has 4 nitrogen and oxygen atoms in total. The molecule has 0 aliphatic carbocycles. The first-order valence-corrected chi connectivity index (χ1v) is 6.20. The van der Waals surface area contributed by atoms with E-state index in [1.807, 2.05) is 4.90 Å². The van der Waals surface area contributed by atoms with E-state index in [-0.39, 0.29) is 10.2 Å². The van der Waals surface area contributed by atoms with Gasteiger partial charge in [0.15, 0.2) is 0 Å². The molecule has 0 aromatic carbocycles. The van der Waals surface area contributed by atoms with Crippen molar-refractivity contribution in [2.24, 2.45) is 0 Å². The molecule has 1 rings (SSSR count). The highest BCUT2D eigenvalue weighted by Gasteiger charge is 2.08. The van der Waals surface area contributed by atoms with Crippen molar-refractivity contribution in [3.8, 4) is 0 Å². The molecule has 0 unspecified atom stereocenters. The van der Waals surface area contributed by atoms with Gasteiger partial charge in [0.1, 0.15) is 5.00 Å². The summed E-state index contributed by atoms with van der Waals surface area (Å²) in [7, 11) is 0. The molecule has 0 aliphatic rings. The molecular weight excluding hydrogens is 259 g/mol. The van der Waals surface area contributed by atoms with E-state index < -0.39 is 0 Å². The molecule has 7 heteroatoms. The summed E-state index contributed by atoms with van der Waals surface area (Å²) in [5.41, 5.74) is 0. The van der Waals surface area contributed by atoms with Crippen LogP contribution in [0.2, 0.25) is 0 Å². The van der Waals surface area contributed by atoms with E-state index >= 15 is 0 Å². The van der Waals surface area contributed by atoms with Crippen molar-refractivity contribution in [3.63, 3.8) is 0 Å². The van der Waals surface area contributed by atoms with Gasteiger partial charge in [0.05, 0.1) is 5.00 Å². The first-order chi connectivity index (χ1) is 7.19. The minimum Gasteiger partial charge on any atom is -0.733 e. The maximum atomic E-state index is 10.6. The van der Waals surface area contributed by atoms with Crippen LogP contribution in [0.15, 0.2) is 12.1 Å². The Hall–Kier alpha value is -0.200. The number of alkyl halides is 2. The van der Waals surface area contributed by atoms with Crippen LogP contribution in [-0.4, -0.2) is 30.1 Å². The van der Waals surface area contributed by atoms with Crippen molar-refractivity contribution < 1.29 is 5.21 Å². The highest BCUT2D eigenvalue weighted by atomic mass is 35.5. The van der Waals surface area contributed by atoms with E-state index in [4.69, 9.17) is 28.4 Å². The van der Waals surface area contributed by atoms with E-state index in [0.717, 1.165) is 5.00 Å². The zero-order valence-corrected chi connectivity index (χ0v) is 10.2. The number of hydrogen-bond acceptors (Lipinski definition) is 5. The lowest BCUT2D eigenvalue weighted by molar-refractivity contribution is 0.299. The van der Waals surface area contributed by atoms with Gasteiger partial charge >= 0.3 is 0 Å². The Bertz CT molecular complexity index is 290. The highest BCUT2D eigenvalue weighted by molar-refractivity contribution is 7.19. The lowest BCUT2D eigenvalue weighted by Gasteiger charge is -2.21. The molecule has 1 N–H and O–H groups in total. The third kappa shape index (κ3) is 3.70. The lowest BCUT2D eigenvalue weighted by atomic mass is 10.5. The van der Waals surface area contributed by atoms with Gasteiger partial charge in [0.2, 0.25) is 0 Å². The number of halogens is 2. The molecule has 1 aromatic rings. The fraction of sp³-hybridized carbons (Fsp3) is 0.500. The first-order valence-electron chi connectivity index (χ1n) is 4.32. The number of hydrogen-bond donors (Lipinski definition) is 1. The third-order valence-corrected chi connectivity index (χ3v) is 3.23. The van der Waals surface area contributed by atoms with E-state index in [2.05, 4.69) is 0 Å². The Morgan fingerprint density at radius 2 is 1.73 bits per heavy atom. The molecule has 0 atom stereocenters. The number of rotatable bonds is 6. The quantitative estimate of drug-likeness (QED) is 0.637. The van der Waals surface area contributed by atoms with Crippen LogP contribution in [0, 0.1) is 5.21 Å². The number of nitrogens with zero attached hydrogens (tertiary/aromatic N) is 2. The number of anilines is 2. The van der Waals surface area contributed by atoms with Gasteiger partial charge in [-0.3, -0.25) is 5.21 Å². The van der Waals surface area contributed by atoms with Gasteiger partial charge in [0, 0.05) is 24.8 Å². The Labute approximate surface area is 102 Å². The maximum Gasteiger partial charge on any atom is 0.106 e. The monoisotopic (exact) mass is 269 g/mol. The van der Waals surface area contributed by atoms with Crippen molar-refractivity contribution in [2.75, 3.05) is 35.0 Å². The van der Waals surface area contributed by atoms with Crippen molar-refractivity contribution in [3.05, 3.63) is 17.3 Å². The molecule has 0 saturated carbocycles. The number of thiophene rings is 1. The summed E-state index contributed by atoms with van der Waals surface area (Å²) >= 11 is 12.5. The molecule has 0 spiro atoms. The van der Waals surface area contributed by atoms with Crippen LogP contribution in [0.25, 0.3) is 0 Å². The largest absolute Gasteiger partial charge is 0.733 e. The predicted molar refractivity (Wildman–Crippen MR) is 65.6 cm³/mol. The zero-order chi connectivity index (χ0) is 11.3. The van der Waals surface area contributed by atoms with Crippen LogP contribution < -0.4 is 10.1 Å². The molecule has 0 amide bonds. The summed E-state index contributed by atoms with van der Waals surface area (Å²) < 4.78 is 0. The molecule has 1 aromatic heterocycles. The molecule has 0 fully saturated rings. The molecule has 15 heavy (non-hydrogen) atoms. The second-order valence-corrected chi connectivity index (χ2v) is 4.55. The fourth-order valence-corrected chi connectivity index (χ4v) is 2.41. The van der Waals surface area contributed by atoms with E-state index in [1.165, 1.54) is 11.3 Å². The highest BCUT2D eigenvalue weighted by Crippen LogP contribution is 2.31. The summed E-state index contributed by atoms with van der Waals surface area (Å²) in [5.74, 6) is 0.981. The summed E-state index contributed by atoms with van der Waals surface area (Å²) in [6, 6.07) is 3.32. The molecule has 1 heterocycles. The van der Waals surface area contributed by atoms with Gasteiger partial charge in [-0.1, -0.05) is 11.3 Å². The summed E-state index contributed by atoms with van der Waals surface area (Å²) in [6.07, 6.45) is 0. The van der Waals surface area contributed by atoms with Crippen LogP contribution in [0.3, 0.4) is 0 Å². The van der Waals surface area contributed by atoms with Gasteiger partial charge in [-0.2, -0.15) is 0 Å². The average molecular weight is 270 g/mol. The van der Waals surface area contributed by atoms with Crippen molar-refractivity contribution in [1.29, 1.82) is 0 Å². The normalized spacial score (nSPS) is 10.4. The molecule has 0 saturated heterocycles. The summed E-state index contributed by atoms with van der Waals surface area (Å²) in [4.78, 5) is 1.97. The molecule has 0 aliphatic heterocycles. The molecule has 0 bridgehead atoms. The first kappa shape index (κ1) is 12.9.